The van der Waals surface area contributed by atoms with Gasteiger partial charge in [0.15, 0.2) is 0 Å². The molecule has 0 radical (unpaired) electrons. The van der Waals surface area contributed by atoms with Crippen LogP contribution in [0.2, 0.25) is 0 Å². The van der Waals surface area contributed by atoms with E-state index in [4.69, 9.17) is 16.3 Å². The number of ether oxygens (including phenoxy) is 1. The summed E-state index contributed by atoms with van der Waals surface area (Å²) >= 11 is 5.52. The molecule has 1 atom stereocenters. The summed E-state index contributed by atoms with van der Waals surface area (Å²) in [6, 6.07) is 0. The van der Waals surface area contributed by atoms with Gasteiger partial charge in [-0.1, -0.05) is 0 Å². The molecule has 1 unspecified atom stereocenters. The van der Waals surface area contributed by atoms with Gasteiger partial charge < -0.3 is 10.1 Å². The summed E-state index contributed by atoms with van der Waals surface area (Å²) < 4.78 is 5.52. The molecular formula is C8H16ClNO. The lowest BCUT2D eigenvalue weighted by molar-refractivity contribution is 0.0173. The Balaban J connectivity index is 1.96. The maximum Gasteiger partial charge on any atom is 0.0699 e. The Morgan fingerprint density at radius 2 is 2.36 bits per heavy atom. The molecule has 1 heterocycles. The van der Waals surface area contributed by atoms with Crippen LogP contribution in [0.1, 0.15) is 19.3 Å². The fourth-order valence-electron chi connectivity index (χ4n) is 1.30. The maximum absolute atomic E-state index is 5.52. The zero-order valence-electron chi connectivity index (χ0n) is 6.81. The van der Waals surface area contributed by atoms with Gasteiger partial charge in [0, 0.05) is 25.6 Å². The second-order valence-corrected chi connectivity index (χ2v) is 3.26. The van der Waals surface area contributed by atoms with E-state index in [9.17, 15) is 0 Å². The fourth-order valence-corrected chi connectivity index (χ4v) is 1.43. The second-order valence-electron chi connectivity index (χ2n) is 2.88. The summed E-state index contributed by atoms with van der Waals surface area (Å²) in [5.74, 6) is 0.687. The lowest BCUT2D eigenvalue weighted by Gasteiger charge is -2.22. The van der Waals surface area contributed by atoms with Crippen LogP contribution in [0, 0.1) is 0 Å². The highest BCUT2D eigenvalue weighted by molar-refractivity contribution is 6.18. The van der Waals surface area contributed by atoms with Gasteiger partial charge in [0.25, 0.3) is 0 Å². The summed E-state index contributed by atoms with van der Waals surface area (Å²) in [5.41, 5.74) is 0. The van der Waals surface area contributed by atoms with Crippen LogP contribution in [0.4, 0.5) is 0 Å². The minimum atomic E-state index is 0.437. The summed E-state index contributed by atoms with van der Waals surface area (Å²) in [6.45, 7) is 2.79. The minimum Gasteiger partial charge on any atom is -0.377 e. The zero-order chi connectivity index (χ0) is 7.94. The van der Waals surface area contributed by atoms with Crippen molar-refractivity contribution in [3.05, 3.63) is 0 Å². The van der Waals surface area contributed by atoms with E-state index in [-0.39, 0.29) is 0 Å². The van der Waals surface area contributed by atoms with Gasteiger partial charge >= 0.3 is 0 Å². The third kappa shape index (κ3) is 3.94. The largest absolute Gasteiger partial charge is 0.377 e. The molecular weight excluding hydrogens is 162 g/mol. The fraction of sp³-hybridized carbons (Fsp3) is 1.00. The van der Waals surface area contributed by atoms with Crippen molar-refractivity contribution in [3.63, 3.8) is 0 Å². The van der Waals surface area contributed by atoms with E-state index in [1.165, 1.54) is 19.3 Å². The normalized spacial score (nSPS) is 25.4. The van der Waals surface area contributed by atoms with Gasteiger partial charge in [-0.25, -0.2) is 0 Å². The molecule has 0 aromatic rings. The van der Waals surface area contributed by atoms with Crippen LogP contribution in [-0.2, 0) is 4.74 Å². The molecule has 0 saturated carbocycles. The van der Waals surface area contributed by atoms with E-state index >= 15 is 0 Å². The zero-order valence-corrected chi connectivity index (χ0v) is 7.57. The average Bonchev–Trinajstić information content (AvgIpc) is 2.07. The van der Waals surface area contributed by atoms with E-state index in [2.05, 4.69) is 5.32 Å². The number of rotatable bonds is 4. The highest BCUT2D eigenvalue weighted by Gasteiger charge is 2.12. The van der Waals surface area contributed by atoms with Crippen LogP contribution < -0.4 is 5.32 Å². The van der Waals surface area contributed by atoms with Crippen LogP contribution >= 0.6 is 11.6 Å². The van der Waals surface area contributed by atoms with E-state index in [1.54, 1.807) is 0 Å². The van der Waals surface area contributed by atoms with Crippen LogP contribution in [0.5, 0.6) is 0 Å². The molecule has 1 fully saturated rings. The molecule has 1 aliphatic rings. The lowest BCUT2D eigenvalue weighted by Crippen LogP contribution is -2.32. The number of hydrogen-bond acceptors (Lipinski definition) is 2. The average molecular weight is 178 g/mol. The van der Waals surface area contributed by atoms with Crippen molar-refractivity contribution >= 4 is 11.6 Å². The van der Waals surface area contributed by atoms with E-state index in [1.807, 2.05) is 0 Å². The van der Waals surface area contributed by atoms with Crippen molar-refractivity contribution in [2.75, 3.05) is 25.6 Å². The van der Waals surface area contributed by atoms with Gasteiger partial charge in [0.1, 0.15) is 0 Å². The molecule has 1 rings (SSSR count). The Bertz CT molecular complexity index is 94.1. The third-order valence-electron chi connectivity index (χ3n) is 1.92. The highest BCUT2D eigenvalue weighted by atomic mass is 35.5. The molecule has 1 saturated heterocycles. The van der Waals surface area contributed by atoms with Crippen molar-refractivity contribution in [3.8, 4) is 0 Å². The standard InChI is InChI=1S/C8H16ClNO/c9-4-5-10-7-8-3-1-2-6-11-8/h8,10H,1-7H2. The Kier molecular flexibility index (Phi) is 4.91. The number of hydrogen-bond donors (Lipinski definition) is 1. The molecule has 0 spiro atoms. The number of alkyl halides is 1. The van der Waals surface area contributed by atoms with Gasteiger partial charge in [-0.15, -0.1) is 11.6 Å². The second kappa shape index (κ2) is 5.81. The Morgan fingerprint density at radius 3 is 3.00 bits per heavy atom. The third-order valence-corrected chi connectivity index (χ3v) is 2.11. The van der Waals surface area contributed by atoms with Gasteiger partial charge in [-0.05, 0) is 19.3 Å². The van der Waals surface area contributed by atoms with Crippen molar-refractivity contribution < 1.29 is 4.74 Å². The monoisotopic (exact) mass is 177 g/mol. The Morgan fingerprint density at radius 1 is 1.45 bits per heavy atom. The summed E-state index contributed by atoms with van der Waals surface area (Å²) in [6.07, 6.45) is 4.18. The predicted octanol–water partition coefficient (Wildman–Crippen LogP) is 1.38. The summed E-state index contributed by atoms with van der Waals surface area (Å²) in [7, 11) is 0. The first-order valence-corrected chi connectivity index (χ1v) is 4.85. The highest BCUT2D eigenvalue weighted by Crippen LogP contribution is 2.11. The van der Waals surface area contributed by atoms with Crippen LogP contribution in [0.15, 0.2) is 0 Å². The first-order chi connectivity index (χ1) is 5.43. The van der Waals surface area contributed by atoms with Crippen LogP contribution in [0.3, 0.4) is 0 Å². The summed E-state index contributed by atoms with van der Waals surface area (Å²) in [5, 5.41) is 3.25. The topological polar surface area (TPSA) is 21.3 Å². The van der Waals surface area contributed by atoms with E-state index in [0.717, 1.165) is 19.7 Å². The molecule has 0 amide bonds. The Labute approximate surface area is 73.3 Å². The van der Waals surface area contributed by atoms with Crippen molar-refractivity contribution in [1.29, 1.82) is 0 Å². The quantitative estimate of drug-likeness (QED) is 0.518. The first-order valence-electron chi connectivity index (χ1n) is 4.32. The molecule has 1 aliphatic heterocycles. The maximum atomic E-state index is 5.52. The molecule has 0 aromatic carbocycles. The van der Waals surface area contributed by atoms with Crippen molar-refractivity contribution in [2.45, 2.75) is 25.4 Å². The number of halogens is 1. The molecule has 0 bridgehead atoms. The molecule has 2 nitrogen and oxygen atoms in total. The van der Waals surface area contributed by atoms with Crippen LogP contribution in [0.25, 0.3) is 0 Å². The van der Waals surface area contributed by atoms with E-state index < -0.39 is 0 Å². The van der Waals surface area contributed by atoms with Crippen molar-refractivity contribution in [1.82, 2.24) is 5.32 Å². The first kappa shape index (κ1) is 9.30. The predicted molar refractivity (Wildman–Crippen MR) is 47.2 cm³/mol. The van der Waals surface area contributed by atoms with Gasteiger partial charge in [0.05, 0.1) is 6.10 Å². The molecule has 0 aromatic heterocycles. The van der Waals surface area contributed by atoms with E-state index in [0.29, 0.717) is 12.0 Å². The van der Waals surface area contributed by atoms with Gasteiger partial charge in [-0.2, -0.15) is 0 Å². The molecule has 66 valence electrons. The molecule has 0 aliphatic carbocycles. The lowest BCUT2D eigenvalue weighted by atomic mass is 10.1. The summed E-state index contributed by atoms with van der Waals surface area (Å²) in [4.78, 5) is 0. The van der Waals surface area contributed by atoms with Gasteiger partial charge in [-0.3, -0.25) is 0 Å². The smallest absolute Gasteiger partial charge is 0.0699 e. The molecule has 3 heteroatoms. The molecule has 11 heavy (non-hydrogen) atoms. The number of nitrogens with one attached hydrogen (secondary N) is 1. The SMILES string of the molecule is ClCCNCC1CCCCO1. The van der Waals surface area contributed by atoms with Crippen molar-refractivity contribution in [2.24, 2.45) is 0 Å². The molecule has 1 N–H and O–H groups in total. The van der Waals surface area contributed by atoms with Gasteiger partial charge in [0.2, 0.25) is 0 Å². The Hall–Kier alpha value is 0.210. The minimum absolute atomic E-state index is 0.437. The van der Waals surface area contributed by atoms with Crippen LogP contribution in [-0.4, -0.2) is 31.7 Å².